The molecule has 4 rings (SSSR count). The molecule has 0 atom stereocenters. The maximum Gasteiger partial charge on any atom is 0.263 e. The summed E-state index contributed by atoms with van der Waals surface area (Å²) < 4.78 is 5.37. The number of hydrogen-bond donors (Lipinski definition) is 2. The fourth-order valence-electron chi connectivity index (χ4n) is 3.13. The van der Waals surface area contributed by atoms with Crippen LogP contribution < -0.4 is 15.8 Å². The molecule has 0 spiro atoms. The van der Waals surface area contributed by atoms with Crippen molar-refractivity contribution in [3.05, 3.63) is 59.5 Å². The first-order valence-electron chi connectivity index (χ1n) is 9.20. The van der Waals surface area contributed by atoms with Crippen molar-refractivity contribution in [1.29, 1.82) is 0 Å². The van der Waals surface area contributed by atoms with E-state index in [-0.39, 0.29) is 5.91 Å². The summed E-state index contributed by atoms with van der Waals surface area (Å²) in [7, 11) is 1.62. The molecular formula is C22H20N4O2S. The smallest absolute Gasteiger partial charge is 0.263 e. The lowest BCUT2D eigenvalue weighted by molar-refractivity contribution is 0.0960. The van der Waals surface area contributed by atoms with E-state index in [1.54, 1.807) is 7.11 Å². The van der Waals surface area contributed by atoms with Crippen molar-refractivity contribution in [3.8, 4) is 28.4 Å². The van der Waals surface area contributed by atoms with E-state index in [9.17, 15) is 4.79 Å². The van der Waals surface area contributed by atoms with E-state index < -0.39 is 0 Å². The minimum atomic E-state index is -0.203. The summed E-state index contributed by atoms with van der Waals surface area (Å²) in [6.45, 7) is 2.40. The molecule has 4 aromatic rings. The zero-order valence-corrected chi connectivity index (χ0v) is 16.9. The van der Waals surface area contributed by atoms with E-state index in [0.29, 0.717) is 44.6 Å². The number of ether oxygens (including phenoxy) is 1. The first-order chi connectivity index (χ1) is 14.1. The predicted octanol–water partition coefficient (Wildman–Crippen LogP) is 4.37. The third kappa shape index (κ3) is 3.52. The van der Waals surface area contributed by atoms with Gasteiger partial charge in [-0.1, -0.05) is 42.5 Å². The van der Waals surface area contributed by atoms with E-state index in [4.69, 9.17) is 20.4 Å². The summed E-state index contributed by atoms with van der Waals surface area (Å²) in [5.74, 6) is 1.10. The number of aromatic nitrogens is 2. The lowest BCUT2D eigenvalue weighted by Crippen LogP contribution is -2.22. The average molecular weight is 404 g/mol. The highest BCUT2D eigenvalue weighted by Gasteiger charge is 2.22. The van der Waals surface area contributed by atoms with Crippen molar-refractivity contribution in [3.63, 3.8) is 0 Å². The Morgan fingerprint density at radius 1 is 1.10 bits per heavy atom. The van der Waals surface area contributed by atoms with Crippen LogP contribution >= 0.6 is 11.3 Å². The molecule has 2 aromatic carbocycles. The van der Waals surface area contributed by atoms with Gasteiger partial charge in [0, 0.05) is 17.7 Å². The molecule has 29 heavy (non-hydrogen) atoms. The van der Waals surface area contributed by atoms with Crippen LogP contribution in [0.3, 0.4) is 0 Å². The molecule has 3 N–H and O–H groups in total. The van der Waals surface area contributed by atoms with Crippen molar-refractivity contribution in [1.82, 2.24) is 15.3 Å². The standard InChI is InChI=1S/C22H20N4O2S/c1-3-24-21(27)19-17(23)16-18(14-10-7-11-15(12-14)28-2)25-20(26-22(16)29-19)13-8-5-4-6-9-13/h4-12H,3,23H2,1-2H3,(H,24,27). The van der Waals surface area contributed by atoms with Gasteiger partial charge < -0.3 is 15.8 Å². The van der Waals surface area contributed by atoms with Crippen molar-refractivity contribution in [2.24, 2.45) is 0 Å². The van der Waals surface area contributed by atoms with Crippen LogP contribution in [0, 0.1) is 0 Å². The fraction of sp³-hybridized carbons (Fsp3) is 0.136. The number of rotatable bonds is 5. The van der Waals surface area contributed by atoms with Gasteiger partial charge in [0.1, 0.15) is 15.5 Å². The number of thiophene rings is 1. The SMILES string of the molecule is CCNC(=O)c1sc2nc(-c3ccccc3)nc(-c3cccc(OC)c3)c2c1N. The molecule has 0 saturated carbocycles. The van der Waals surface area contributed by atoms with Gasteiger partial charge in [-0.3, -0.25) is 4.79 Å². The Hall–Kier alpha value is -3.45. The molecule has 0 aliphatic heterocycles. The molecule has 146 valence electrons. The number of carbonyl (C=O) groups excluding carboxylic acids is 1. The lowest BCUT2D eigenvalue weighted by Gasteiger charge is -2.09. The number of hydrogen-bond acceptors (Lipinski definition) is 6. The largest absolute Gasteiger partial charge is 0.497 e. The maximum atomic E-state index is 12.5. The number of amides is 1. The summed E-state index contributed by atoms with van der Waals surface area (Å²) in [4.78, 5) is 23.2. The Kier molecular flexibility index (Phi) is 5.14. The number of anilines is 1. The minimum Gasteiger partial charge on any atom is -0.497 e. The van der Waals surface area contributed by atoms with E-state index in [1.807, 2.05) is 61.5 Å². The van der Waals surface area contributed by atoms with Crippen LogP contribution in [0.2, 0.25) is 0 Å². The summed E-state index contributed by atoms with van der Waals surface area (Å²) in [5, 5.41) is 3.50. The molecule has 0 radical (unpaired) electrons. The van der Waals surface area contributed by atoms with E-state index in [0.717, 1.165) is 11.1 Å². The number of nitrogen functional groups attached to an aromatic ring is 1. The lowest BCUT2D eigenvalue weighted by atomic mass is 10.1. The first-order valence-corrected chi connectivity index (χ1v) is 10.0. The topological polar surface area (TPSA) is 90.1 Å². The van der Waals surface area contributed by atoms with Gasteiger partial charge in [-0.05, 0) is 19.1 Å². The molecule has 2 aromatic heterocycles. The summed E-state index contributed by atoms with van der Waals surface area (Å²) in [5.41, 5.74) is 9.22. The Labute approximate surface area is 172 Å². The average Bonchev–Trinajstić information content (AvgIpc) is 3.10. The van der Waals surface area contributed by atoms with Crippen molar-refractivity contribution < 1.29 is 9.53 Å². The molecule has 0 saturated heterocycles. The predicted molar refractivity (Wildman–Crippen MR) is 117 cm³/mol. The van der Waals surface area contributed by atoms with Crippen LogP contribution in [-0.4, -0.2) is 29.5 Å². The second-order valence-corrected chi connectivity index (χ2v) is 7.38. The number of methoxy groups -OCH3 is 1. The van der Waals surface area contributed by atoms with E-state index in [2.05, 4.69) is 5.32 Å². The van der Waals surface area contributed by atoms with Crippen LogP contribution in [0.15, 0.2) is 54.6 Å². The Balaban J connectivity index is 2.01. The second-order valence-electron chi connectivity index (χ2n) is 6.38. The Bertz CT molecular complexity index is 1190. The second kappa shape index (κ2) is 7.89. The first kappa shape index (κ1) is 18.9. The Morgan fingerprint density at radius 2 is 1.86 bits per heavy atom. The van der Waals surface area contributed by atoms with Gasteiger partial charge in [-0.2, -0.15) is 0 Å². The number of nitrogens with zero attached hydrogens (tertiary/aromatic N) is 2. The molecule has 0 fully saturated rings. The van der Waals surface area contributed by atoms with Crippen molar-refractivity contribution >= 4 is 33.1 Å². The zero-order chi connectivity index (χ0) is 20.4. The van der Waals surface area contributed by atoms with Crippen LogP contribution in [0.5, 0.6) is 5.75 Å². The highest BCUT2D eigenvalue weighted by Crippen LogP contribution is 2.40. The van der Waals surface area contributed by atoms with Gasteiger partial charge in [-0.15, -0.1) is 11.3 Å². The third-order valence-corrected chi connectivity index (χ3v) is 5.61. The highest BCUT2D eigenvalue weighted by atomic mass is 32.1. The van der Waals surface area contributed by atoms with E-state index in [1.165, 1.54) is 11.3 Å². The molecule has 1 amide bonds. The number of carbonyl (C=O) groups is 1. The monoisotopic (exact) mass is 404 g/mol. The number of nitrogens with one attached hydrogen (secondary N) is 1. The van der Waals surface area contributed by atoms with Gasteiger partial charge >= 0.3 is 0 Å². The van der Waals surface area contributed by atoms with Crippen LogP contribution in [0.25, 0.3) is 32.9 Å². The molecule has 0 bridgehead atoms. The van der Waals surface area contributed by atoms with Crippen molar-refractivity contribution in [2.75, 3.05) is 19.4 Å². The molecular weight excluding hydrogens is 384 g/mol. The van der Waals surface area contributed by atoms with E-state index >= 15 is 0 Å². The minimum absolute atomic E-state index is 0.203. The number of benzene rings is 2. The number of fused-ring (bicyclic) bond motifs is 1. The van der Waals surface area contributed by atoms with Crippen LogP contribution in [0.1, 0.15) is 16.6 Å². The van der Waals surface area contributed by atoms with Crippen molar-refractivity contribution in [2.45, 2.75) is 6.92 Å². The molecule has 0 aliphatic rings. The third-order valence-electron chi connectivity index (χ3n) is 4.51. The molecule has 0 unspecified atom stereocenters. The summed E-state index contributed by atoms with van der Waals surface area (Å²) >= 11 is 1.28. The van der Waals surface area contributed by atoms with Crippen LogP contribution in [0.4, 0.5) is 5.69 Å². The van der Waals surface area contributed by atoms with Gasteiger partial charge in [0.25, 0.3) is 5.91 Å². The fourth-order valence-corrected chi connectivity index (χ4v) is 4.14. The zero-order valence-electron chi connectivity index (χ0n) is 16.1. The highest BCUT2D eigenvalue weighted by molar-refractivity contribution is 7.21. The molecule has 2 heterocycles. The van der Waals surface area contributed by atoms with Gasteiger partial charge in [0.05, 0.1) is 23.9 Å². The molecule has 0 aliphatic carbocycles. The molecule has 7 heteroatoms. The number of nitrogens with two attached hydrogens (primary N) is 1. The quantitative estimate of drug-likeness (QED) is 0.516. The maximum absolute atomic E-state index is 12.5. The van der Waals surface area contributed by atoms with Gasteiger partial charge in [0.15, 0.2) is 5.82 Å². The Morgan fingerprint density at radius 3 is 2.59 bits per heavy atom. The summed E-state index contributed by atoms with van der Waals surface area (Å²) in [6.07, 6.45) is 0. The van der Waals surface area contributed by atoms with Gasteiger partial charge in [0.2, 0.25) is 0 Å². The molecule has 6 nitrogen and oxygen atoms in total. The normalized spacial score (nSPS) is 10.8. The van der Waals surface area contributed by atoms with Gasteiger partial charge in [-0.25, -0.2) is 9.97 Å². The van der Waals surface area contributed by atoms with Crippen LogP contribution in [-0.2, 0) is 0 Å². The summed E-state index contributed by atoms with van der Waals surface area (Å²) in [6, 6.07) is 17.4.